The van der Waals surface area contributed by atoms with Gasteiger partial charge in [-0.15, -0.1) is 0 Å². The number of rotatable bonds is 5. The number of hydrogen-bond acceptors (Lipinski definition) is 7. The molecule has 0 aliphatic rings. The zero-order chi connectivity index (χ0) is 13.9. The highest BCUT2D eigenvalue weighted by Gasteiger charge is 2.10. The molecule has 0 bridgehead atoms. The number of nitrogens with two attached hydrogens (primary N) is 2. The van der Waals surface area contributed by atoms with Crippen LogP contribution in [-0.4, -0.2) is 25.1 Å². The highest BCUT2D eigenvalue weighted by molar-refractivity contribution is 7.89. The lowest BCUT2D eigenvalue weighted by Crippen LogP contribution is -2.14. The molecule has 0 amide bonds. The van der Waals surface area contributed by atoms with Crippen LogP contribution in [0.2, 0.25) is 0 Å². The lowest BCUT2D eigenvalue weighted by molar-refractivity contribution is 0.410. The van der Waals surface area contributed by atoms with Gasteiger partial charge < -0.3 is 15.6 Å². The van der Waals surface area contributed by atoms with Crippen LogP contribution in [-0.2, 0) is 16.4 Å². The highest BCUT2D eigenvalue weighted by Crippen LogP contribution is 2.21. The van der Waals surface area contributed by atoms with Gasteiger partial charge in [0.15, 0.2) is 5.82 Å². The van der Waals surface area contributed by atoms with Gasteiger partial charge in [-0.1, -0.05) is 5.16 Å². The Morgan fingerprint density at radius 2 is 2.16 bits per heavy atom. The monoisotopic (exact) mass is 283 g/mol. The molecule has 2 aromatic rings. The van der Waals surface area contributed by atoms with Gasteiger partial charge in [0.2, 0.25) is 16.4 Å². The van der Waals surface area contributed by atoms with Crippen molar-refractivity contribution in [1.29, 1.82) is 0 Å². The SMILES string of the molecule is Nc1ccc(S(N)(=O)=O)cc1NCCc1ncon1. The first kappa shape index (κ1) is 13.3. The van der Waals surface area contributed by atoms with Crippen molar-refractivity contribution in [1.82, 2.24) is 10.1 Å². The molecule has 0 radical (unpaired) electrons. The van der Waals surface area contributed by atoms with Crippen molar-refractivity contribution in [3.05, 3.63) is 30.4 Å². The van der Waals surface area contributed by atoms with Crippen molar-refractivity contribution < 1.29 is 12.9 Å². The Morgan fingerprint density at radius 1 is 1.37 bits per heavy atom. The molecule has 0 spiro atoms. The van der Waals surface area contributed by atoms with Gasteiger partial charge in [0, 0.05) is 13.0 Å². The molecule has 9 heteroatoms. The zero-order valence-corrected chi connectivity index (χ0v) is 10.7. The summed E-state index contributed by atoms with van der Waals surface area (Å²) in [6, 6.07) is 4.23. The molecule has 0 atom stereocenters. The Balaban J connectivity index is 2.07. The summed E-state index contributed by atoms with van der Waals surface area (Å²) in [6.07, 6.45) is 1.76. The van der Waals surface area contributed by atoms with Crippen LogP contribution in [0.3, 0.4) is 0 Å². The second-order valence-electron chi connectivity index (χ2n) is 3.82. The Labute approximate surface area is 109 Å². The molecule has 0 unspecified atom stereocenters. The van der Waals surface area contributed by atoms with E-state index in [1.165, 1.54) is 24.6 Å². The minimum atomic E-state index is -3.75. The van der Waals surface area contributed by atoms with Gasteiger partial charge in [-0.25, -0.2) is 13.6 Å². The summed E-state index contributed by atoms with van der Waals surface area (Å²) in [6.45, 7) is 0.484. The van der Waals surface area contributed by atoms with E-state index in [1.54, 1.807) is 0 Å². The number of benzene rings is 1. The summed E-state index contributed by atoms with van der Waals surface area (Å²) in [5.41, 5.74) is 6.67. The molecule has 19 heavy (non-hydrogen) atoms. The first-order valence-corrected chi connectivity index (χ1v) is 6.93. The number of sulfonamides is 1. The minimum Gasteiger partial charge on any atom is -0.397 e. The average molecular weight is 283 g/mol. The molecule has 1 heterocycles. The van der Waals surface area contributed by atoms with E-state index in [9.17, 15) is 8.42 Å². The van der Waals surface area contributed by atoms with Gasteiger partial charge in [-0.2, -0.15) is 4.98 Å². The molecular weight excluding hydrogens is 270 g/mol. The van der Waals surface area contributed by atoms with Crippen molar-refractivity contribution in [3.8, 4) is 0 Å². The van der Waals surface area contributed by atoms with Crippen molar-refractivity contribution in [2.75, 3.05) is 17.6 Å². The number of aromatic nitrogens is 2. The lowest BCUT2D eigenvalue weighted by atomic mass is 10.2. The van der Waals surface area contributed by atoms with E-state index in [4.69, 9.17) is 10.9 Å². The van der Waals surface area contributed by atoms with Gasteiger partial charge in [0.1, 0.15) is 0 Å². The number of nitrogens with one attached hydrogen (secondary N) is 1. The Kier molecular flexibility index (Phi) is 3.67. The number of nitrogens with zero attached hydrogens (tertiary/aromatic N) is 2. The Hall–Kier alpha value is -2.13. The summed E-state index contributed by atoms with van der Waals surface area (Å²) in [5, 5.41) is 11.7. The largest absolute Gasteiger partial charge is 0.397 e. The van der Waals surface area contributed by atoms with Crippen LogP contribution in [0.5, 0.6) is 0 Å². The molecule has 1 aromatic carbocycles. The topological polar surface area (TPSA) is 137 Å². The molecule has 0 saturated carbocycles. The molecule has 0 saturated heterocycles. The van der Waals surface area contributed by atoms with Crippen molar-refractivity contribution in [2.45, 2.75) is 11.3 Å². The van der Waals surface area contributed by atoms with Gasteiger partial charge in [-0.05, 0) is 18.2 Å². The van der Waals surface area contributed by atoms with Crippen molar-refractivity contribution >= 4 is 21.4 Å². The van der Waals surface area contributed by atoms with Crippen LogP contribution >= 0.6 is 0 Å². The predicted octanol–water partition coefficient (Wildman–Crippen LogP) is -0.0462. The van der Waals surface area contributed by atoms with E-state index in [1.807, 2.05) is 0 Å². The fourth-order valence-corrected chi connectivity index (χ4v) is 2.02. The summed E-state index contributed by atoms with van der Waals surface area (Å²) in [4.78, 5) is 3.87. The zero-order valence-electron chi connectivity index (χ0n) is 9.91. The molecule has 0 fully saturated rings. The van der Waals surface area contributed by atoms with Crippen LogP contribution in [0.25, 0.3) is 0 Å². The number of nitrogen functional groups attached to an aromatic ring is 1. The molecule has 5 N–H and O–H groups in total. The third kappa shape index (κ3) is 3.42. The van der Waals surface area contributed by atoms with Crippen LogP contribution in [0.1, 0.15) is 5.82 Å². The fraction of sp³-hybridized carbons (Fsp3) is 0.200. The van der Waals surface area contributed by atoms with Gasteiger partial charge in [0.25, 0.3) is 0 Å². The summed E-state index contributed by atoms with van der Waals surface area (Å²) >= 11 is 0. The summed E-state index contributed by atoms with van der Waals surface area (Å²) < 4.78 is 27.1. The van der Waals surface area contributed by atoms with Crippen LogP contribution in [0.15, 0.2) is 34.0 Å². The smallest absolute Gasteiger partial charge is 0.238 e. The Morgan fingerprint density at radius 3 is 2.79 bits per heavy atom. The Bertz CT molecular complexity index is 654. The van der Waals surface area contributed by atoms with Gasteiger partial charge in [-0.3, -0.25) is 0 Å². The molecule has 102 valence electrons. The third-order valence-corrected chi connectivity index (χ3v) is 3.34. The van der Waals surface area contributed by atoms with E-state index < -0.39 is 10.0 Å². The second kappa shape index (κ2) is 5.24. The first-order valence-electron chi connectivity index (χ1n) is 5.38. The molecular formula is C10H13N5O3S. The number of hydrogen-bond donors (Lipinski definition) is 3. The maximum atomic E-state index is 11.2. The predicted molar refractivity (Wildman–Crippen MR) is 68.7 cm³/mol. The lowest BCUT2D eigenvalue weighted by Gasteiger charge is -2.09. The van der Waals surface area contributed by atoms with Crippen LogP contribution in [0.4, 0.5) is 11.4 Å². The van der Waals surface area contributed by atoms with E-state index in [2.05, 4.69) is 20.0 Å². The van der Waals surface area contributed by atoms with Crippen molar-refractivity contribution in [2.24, 2.45) is 5.14 Å². The molecule has 0 aliphatic heterocycles. The van der Waals surface area contributed by atoms with Crippen molar-refractivity contribution in [3.63, 3.8) is 0 Å². The van der Waals surface area contributed by atoms with Gasteiger partial charge in [0.05, 0.1) is 16.3 Å². The average Bonchev–Trinajstić information content (AvgIpc) is 2.83. The fourth-order valence-electron chi connectivity index (χ4n) is 1.48. The van der Waals surface area contributed by atoms with E-state index in [0.29, 0.717) is 30.2 Å². The van der Waals surface area contributed by atoms with E-state index in [-0.39, 0.29) is 4.90 Å². The minimum absolute atomic E-state index is 0.00348. The molecule has 2 rings (SSSR count). The number of anilines is 2. The third-order valence-electron chi connectivity index (χ3n) is 2.42. The first-order chi connectivity index (χ1) is 8.97. The van der Waals surface area contributed by atoms with Crippen LogP contribution in [0, 0.1) is 0 Å². The summed E-state index contributed by atoms with van der Waals surface area (Å²) in [5.74, 6) is 0.550. The molecule has 0 aliphatic carbocycles. The maximum absolute atomic E-state index is 11.2. The number of primary sulfonamides is 1. The maximum Gasteiger partial charge on any atom is 0.238 e. The second-order valence-corrected chi connectivity index (χ2v) is 5.38. The van der Waals surface area contributed by atoms with E-state index >= 15 is 0 Å². The molecule has 8 nitrogen and oxygen atoms in total. The quantitative estimate of drug-likeness (QED) is 0.654. The normalized spacial score (nSPS) is 11.4. The van der Waals surface area contributed by atoms with E-state index in [0.717, 1.165) is 0 Å². The summed E-state index contributed by atoms with van der Waals surface area (Å²) in [7, 11) is -3.75. The standard InChI is InChI=1S/C10H13N5O3S/c11-8-2-1-7(19(12,16)17)5-9(8)13-4-3-10-14-6-18-15-10/h1-2,5-6,13H,3-4,11H2,(H2,12,16,17). The highest BCUT2D eigenvalue weighted by atomic mass is 32.2. The molecule has 1 aromatic heterocycles. The van der Waals surface area contributed by atoms with Crippen LogP contribution < -0.4 is 16.2 Å². The van der Waals surface area contributed by atoms with Gasteiger partial charge >= 0.3 is 0 Å².